The molecule has 0 bridgehead atoms. The van der Waals surface area contributed by atoms with Crippen molar-refractivity contribution in [3.05, 3.63) is 44.8 Å². The maximum atomic E-state index is 5.99. The van der Waals surface area contributed by atoms with Gasteiger partial charge in [0.25, 0.3) is 0 Å². The Balaban J connectivity index is 2.02. The van der Waals surface area contributed by atoms with Crippen LogP contribution in [-0.2, 0) is 6.54 Å². The highest BCUT2D eigenvalue weighted by Crippen LogP contribution is 2.23. The lowest BCUT2D eigenvalue weighted by Crippen LogP contribution is -1.98. The largest absolute Gasteiger partial charge is 0.357 e. The Morgan fingerprint density at radius 1 is 1.47 bits per heavy atom. The van der Waals surface area contributed by atoms with Gasteiger partial charge in [0, 0.05) is 22.6 Å². The zero-order chi connectivity index (χ0) is 10.7. The van der Waals surface area contributed by atoms with Crippen molar-refractivity contribution in [2.24, 2.45) is 0 Å². The topological polar surface area (TPSA) is 24.9 Å². The van der Waals surface area contributed by atoms with Crippen LogP contribution in [-0.4, -0.2) is 4.98 Å². The van der Waals surface area contributed by atoms with E-state index in [1.165, 1.54) is 0 Å². The number of aromatic nitrogens is 1. The number of hydrogen-bond donors (Lipinski definition) is 1. The molecule has 0 spiro atoms. The quantitative estimate of drug-likeness (QED) is 0.920. The molecule has 1 N–H and O–H groups in total. The Labute approximate surface area is 105 Å². The van der Waals surface area contributed by atoms with E-state index in [-0.39, 0.29) is 0 Å². The zero-order valence-corrected chi connectivity index (χ0v) is 10.9. The van der Waals surface area contributed by atoms with Gasteiger partial charge in [-0.2, -0.15) is 0 Å². The molecule has 0 fully saturated rings. The van der Waals surface area contributed by atoms with Crippen molar-refractivity contribution in [3.8, 4) is 0 Å². The number of thiazole rings is 1. The second kappa shape index (κ2) is 4.96. The van der Waals surface area contributed by atoms with Gasteiger partial charge in [-0.25, -0.2) is 4.98 Å². The smallest absolute Gasteiger partial charge is 0.182 e. The predicted octanol–water partition coefficient (Wildman–Crippen LogP) is 4.17. The first-order valence-corrected chi connectivity index (χ1v) is 6.38. The Hall–Kier alpha value is -0.580. The summed E-state index contributed by atoms with van der Waals surface area (Å²) in [6.07, 6.45) is 1.78. The molecule has 1 aromatic heterocycles. The molecule has 2 aromatic rings. The third kappa shape index (κ3) is 2.93. The molecule has 5 heteroatoms. The van der Waals surface area contributed by atoms with Crippen LogP contribution in [0.15, 0.2) is 34.2 Å². The summed E-state index contributed by atoms with van der Waals surface area (Å²) in [6.45, 7) is 0.737. The van der Waals surface area contributed by atoms with Crippen molar-refractivity contribution in [3.63, 3.8) is 0 Å². The molecule has 78 valence electrons. The second-order valence-electron chi connectivity index (χ2n) is 2.94. The van der Waals surface area contributed by atoms with E-state index >= 15 is 0 Å². The zero-order valence-electron chi connectivity index (χ0n) is 7.71. The maximum absolute atomic E-state index is 5.99. The molecule has 1 aromatic carbocycles. The maximum Gasteiger partial charge on any atom is 0.182 e. The molecule has 2 rings (SSSR count). The van der Waals surface area contributed by atoms with Crippen LogP contribution in [0.5, 0.6) is 0 Å². The molecule has 0 amide bonds. The number of anilines is 1. The minimum absolute atomic E-state index is 0.730. The van der Waals surface area contributed by atoms with Gasteiger partial charge in [0.15, 0.2) is 5.13 Å². The van der Waals surface area contributed by atoms with Gasteiger partial charge in [-0.05, 0) is 33.6 Å². The number of halogens is 2. The van der Waals surface area contributed by atoms with Crippen LogP contribution in [0.2, 0.25) is 5.02 Å². The Kier molecular flexibility index (Phi) is 3.61. The molecule has 0 aliphatic rings. The van der Waals surface area contributed by atoms with Crippen molar-refractivity contribution < 1.29 is 0 Å². The van der Waals surface area contributed by atoms with Crippen LogP contribution < -0.4 is 5.32 Å². The van der Waals surface area contributed by atoms with Crippen LogP contribution in [0.1, 0.15) is 5.56 Å². The number of nitrogens with one attached hydrogen (secondary N) is 1. The highest BCUT2D eigenvalue weighted by atomic mass is 79.9. The van der Waals surface area contributed by atoms with Crippen molar-refractivity contribution >= 4 is 44.0 Å². The summed E-state index contributed by atoms with van der Waals surface area (Å²) in [4.78, 5) is 4.14. The summed E-state index contributed by atoms with van der Waals surface area (Å²) in [7, 11) is 0. The Morgan fingerprint density at radius 2 is 2.33 bits per heavy atom. The number of benzene rings is 1. The summed E-state index contributed by atoms with van der Waals surface area (Å²) in [5, 5.41) is 6.82. The lowest BCUT2D eigenvalue weighted by Gasteiger charge is -2.04. The number of rotatable bonds is 3. The van der Waals surface area contributed by atoms with Crippen LogP contribution >= 0.6 is 38.9 Å². The van der Waals surface area contributed by atoms with E-state index in [0.717, 1.165) is 26.7 Å². The standard InChI is InChI=1S/C10H8BrClN2S/c11-8-2-1-7(5-9(8)12)6-14-10-13-3-4-15-10/h1-5H,6H2,(H,13,14). The average molecular weight is 304 g/mol. The minimum Gasteiger partial charge on any atom is -0.357 e. The third-order valence-electron chi connectivity index (χ3n) is 1.86. The number of nitrogens with zero attached hydrogens (tertiary/aromatic N) is 1. The van der Waals surface area contributed by atoms with Gasteiger partial charge in [0.2, 0.25) is 0 Å². The fourth-order valence-corrected chi connectivity index (χ4v) is 2.12. The second-order valence-corrected chi connectivity index (χ2v) is 5.10. The highest BCUT2D eigenvalue weighted by Gasteiger charge is 1.99. The van der Waals surface area contributed by atoms with Crippen molar-refractivity contribution in [2.45, 2.75) is 6.54 Å². The fraction of sp³-hybridized carbons (Fsp3) is 0.100. The van der Waals surface area contributed by atoms with Crippen molar-refractivity contribution in [2.75, 3.05) is 5.32 Å². The van der Waals surface area contributed by atoms with Gasteiger partial charge in [-0.15, -0.1) is 11.3 Å². The summed E-state index contributed by atoms with van der Waals surface area (Å²) < 4.78 is 0.919. The lowest BCUT2D eigenvalue weighted by atomic mass is 10.2. The van der Waals surface area contributed by atoms with Gasteiger partial charge >= 0.3 is 0 Å². The minimum atomic E-state index is 0.730. The molecule has 2 nitrogen and oxygen atoms in total. The predicted molar refractivity (Wildman–Crippen MR) is 68.6 cm³/mol. The van der Waals surface area contributed by atoms with Gasteiger partial charge < -0.3 is 5.32 Å². The molecule has 0 saturated heterocycles. The molecular formula is C10H8BrClN2S. The number of hydrogen-bond acceptors (Lipinski definition) is 3. The van der Waals surface area contributed by atoms with Crippen LogP contribution in [0.25, 0.3) is 0 Å². The lowest BCUT2D eigenvalue weighted by molar-refractivity contribution is 1.13. The molecule has 1 heterocycles. The highest BCUT2D eigenvalue weighted by molar-refractivity contribution is 9.10. The molecule has 0 radical (unpaired) electrons. The fourth-order valence-electron chi connectivity index (χ4n) is 1.14. The van der Waals surface area contributed by atoms with E-state index in [9.17, 15) is 0 Å². The van der Waals surface area contributed by atoms with E-state index in [0.29, 0.717) is 0 Å². The SMILES string of the molecule is Clc1cc(CNc2nccs2)ccc1Br. The van der Waals surface area contributed by atoms with E-state index in [4.69, 9.17) is 11.6 Å². The summed E-state index contributed by atoms with van der Waals surface area (Å²) in [5.41, 5.74) is 1.14. The molecule has 0 unspecified atom stereocenters. The average Bonchev–Trinajstić information content (AvgIpc) is 2.73. The van der Waals surface area contributed by atoms with E-state index < -0.39 is 0 Å². The monoisotopic (exact) mass is 302 g/mol. The van der Waals surface area contributed by atoms with Gasteiger partial charge in [0.1, 0.15) is 0 Å². The molecule has 0 aliphatic heterocycles. The summed E-state index contributed by atoms with van der Waals surface area (Å²) in [6, 6.07) is 5.91. The molecule has 0 aliphatic carbocycles. The first-order chi connectivity index (χ1) is 7.25. The third-order valence-corrected chi connectivity index (χ3v) is 3.82. The van der Waals surface area contributed by atoms with Crippen molar-refractivity contribution in [1.29, 1.82) is 0 Å². The van der Waals surface area contributed by atoms with E-state index in [1.807, 2.05) is 23.6 Å². The summed E-state index contributed by atoms with van der Waals surface area (Å²) in [5.74, 6) is 0. The van der Waals surface area contributed by atoms with Crippen molar-refractivity contribution in [1.82, 2.24) is 4.98 Å². The first kappa shape index (κ1) is 10.9. The van der Waals surface area contributed by atoms with E-state index in [2.05, 4.69) is 26.2 Å². The van der Waals surface area contributed by atoms with E-state index in [1.54, 1.807) is 17.5 Å². The summed E-state index contributed by atoms with van der Waals surface area (Å²) >= 11 is 10.9. The van der Waals surface area contributed by atoms with Crippen LogP contribution in [0.4, 0.5) is 5.13 Å². The molecular weight excluding hydrogens is 296 g/mol. The Bertz CT molecular complexity index is 445. The first-order valence-electron chi connectivity index (χ1n) is 4.33. The Morgan fingerprint density at radius 3 is 3.00 bits per heavy atom. The normalized spacial score (nSPS) is 10.3. The van der Waals surface area contributed by atoms with Gasteiger partial charge in [-0.1, -0.05) is 17.7 Å². The van der Waals surface area contributed by atoms with Crippen LogP contribution in [0, 0.1) is 0 Å². The van der Waals surface area contributed by atoms with Crippen LogP contribution in [0.3, 0.4) is 0 Å². The molecule has 15 heavy (non-hydrogen) atoms. The molecule has 0 atom stereocenters. The van der Waals surface area contributed by atoms with Gasteiger partial charge in [0.05, 0.1) is 5.02 Å². The van der Waals surface area contributed by atoms with Gasteiger partial charge in [-0.3, -0.25) is 0 Å². The molecule has 0 saturated carbocycles.